The number of rotatable bonds is 5. The lowest BCUT2D eigenvalue weighted by Crippen LogP contribution is -2.40. The Kier molecular flexibility index (Phi) is 5.60. The SMILES string of the molecule is CCOC(=O)c1nnc2ccccc2c1N1CCC(Nc2cccc(C)c2)CC1. The van der Waals surface area contributed by atoms with Gasteiger partial charge in [-0.25, -0.2) is 4.79 Å². The average molecular weight is 390 g/mol. The summed E-state index contributed by atoms with van der Waals surface area (Å²) in [5, 5.41) is 13.0. The van der Waals surface area contributed by atoms with Gasteiger partial charge in [0.2, 0.25) is 0 Å². The zero-order valence-corrected chi connectivity index (χ0v) is 16.9. The molecule has 1 N–H and O–H groups in total. The Balaban J connectivity index is 1.57. The summed E-state index contributed by atoms with van der Waals surface area (Å²) in [7, 11) is 0. The first kappa shape index (κ1) is 19.2. The number of hydrogen-bond acceptors (Lipinski definition) is 6. The third kappa shape index (κ3) is 4.16. The lowest BCUT2D eigenvalue weighted by molar-refractivity contribution is 0.0519. The summed E-state index contributed by atoms with van der Waals surface area (Å²) >= 11 is 0. The van der Waals surface area contributed by atoms with Gasteiger partial charge in [-0.05, 0) is 50.5 Å². The summed E-state index contributed by atoms with van der Waals surface area (Å²) in [5.74, 6) is -0.416. The van der Waals surface area contributed by atoms with E-state index in [1.807, 2.05) is 24.3 Å². The van der Waals surface area contributed by atoms with Crippen molar-refractivity contribution in [3.05, 3.63) is 59.8 Å². The number of esters is 1. The fourth-order valence-electron chi connectivity index (χ4n) is 3.91. The van der Waals surface area contributed by atoms with Crippen LogP contribution < -0.4 is 10.2 Å². The molecular weight excluding hydrogens is 364 g/mol. The number of nitrogens with one attached hydrogen (secondary N) is 1. The predicted octanol–water partition coefficient (Wildman–Crippen LogP) is 4.20. The van der Waals surface area contributed by atoms with Crippen LogP contribution in [0, 0.1) is 6.92 Å². The molecular formula is C23H26N4O2. The molecule has 2 heterocycles. The first-order valence-corrected chi connectivity index (χ1v) is 10.2. The second kappa shape index (κ2) is 8.47. The summed E-state index contributed by atoms with van der Waals surface area (Å²) in [6, 6.07) is 16.7. The second-order valence-electron chi connectivity index (χ2n) is 7.41. The van der Waals surface area contributed by atoms with Crippen molar-refractivity contribution in [2.75, 3.05) is 29.9 Å². The van der Waals surface area contributed by atoms with Crippen LogP contribution in [0.25, 0.3) is 10.9 Å². The molecule has 1 saturated heterocycles. The molecule has 0 aliphatic carbocycles. The van der Waals surface area contributed by atoms with Gasteiger partial charge in [0.25, 0.3) is 0 Å². The van der Waals surface area contributed by atoms with E-state index in [-0.39, 0.29) is 0 Å². The van der Waals surface area contributed by atoms with Crippen molar-refractivity contribution in [3.63, 3.8) is 0 Å². The number of nitrogens with zero attached hydrogens (tertiary/aromatic N) is 3. The lowest BCUT2D eigenvalue weighted by Gasteiger charge is -2.35. The van der Waals surface area contributed by atoms with Gasteiger partial charge < -0.3 is 15.0 Å². The molecule has 4 rings (SSSR count). The van der Waals surface area contributed by atoms with Crippen molar-refractivity contribution in [3.8, 4) is 0 Å². The molecule has 3 aromatic rings. The van der Waals surface area contributed by atoms with E-state index in [0.29, 0.717) is 18.3 Å². The van der Waals surface area contributed by atoms with Gasteiger partial charge in [-0.2, -0.15) is 0 Å². The van der Waals surface area contributed by atoms with Gasteiger partial charge in [-0.15, -0.1) is 10.2 Å². The number of aromatic nitrogens is 2. The summed E-state index contributed by atoms with van der Waals surface area (Å²) in [4.78, 5) is 14.8. The van der Waals surface area contributed by atoms with Crippen LogP contribution in [0.4, 0.5) is 11.4 Å². The van der Waals surface area contributed by atoms with Gasteiger partial charge in [0.15, 0.2) is 5.69 Å². The molecule has 150 valence electrons. The van der Waals surface area contributed by atoms with Crippen LogP contribution in [0.5, 0.6) is 0 Å². The van der Waals surface area contributed by atoms with Gasteiger partial charge in [0.05, 0.1) is 17.8 Å². The van der Waals surface area contributed by atoms with E-state index in [0.717, 1.165) is 48.2 Å². The molecule has 1 fully saturated rings. The molecule has 2 aromatic carbocycles. The van der Waals surface area contributed by atoms with Crippen LogP contribution in [-0.4, -0.2) is 41.9 Å². The molecule has 1 aromatic heterocycles. The standard InChI is InChI=1S/C23H26N4O2/c1-3-29-23(28)21-22(19-9-4-5-10-20(19)25-26-21)27-13-11-17(12-14-27)24-18-8-6-7-16(2)15-18/h4-10,15,17,24H,3,11-14H2,1-2H3. The normalized spacial score (nSPS) is 14.8. The molecule has 0 atom stereocenters. The topological polar surface area (TPSA) is 67.3 Å². The number of carbonyl (C=O) groups excluding carboxylic acids is 1. The highest BCUT2D eigenvalue weighted by molar-refractivity contribution is 6.03. The van der Waals surface area contributed by atoms with E-state index in [1.54, 1.807) is 6.92 Å². The molecule has 6 heteroatoms. The highest BCUT2D eigenvalue weighted by Crippen LogP contribution is 2.31. The van der Waals surface area contributed by atoms with Gasteiger partial charge in [0.1, 0.15) is 0 Å². The van der Waals surface area contributed by atoms with E-state index in [9.17, 15) is 4.79 Å². The van der Waals surface area contributed by atoms with E-state index in [4.69, 9.17) is 4.74 Å². The van der Waals surface area contributed by atoms with Crippen molar-refractivity contribution in [1.29, 1.82) is 0 Å². The molecule has 29 heavy (non-hydrogen) atoms. The Morgan fingerprint density at radius 1 is 1.14 bits per heavy atom. The maximum Gasteiger partial charge on any atom is 0.361 e. The zero-order valence-electron chi connectivity index (χ0n) is 16.9. The van der Waals surface area contributed by atoms with Crippen molar-refractivity contribution in [2.24, 2.45) is 0 Å². The first-order chi connectivity index (χ1) is 14.2. The summed E-state index contributed by atoms with van der Waals surface area (Å²) < 4.78 is 5.24. The Bertz CT molecular complexity index is 1010. The van der Waals surface area contributed by atoms with Gasteiger partial charge in [-0.1, -0.05) is 30.3 Å². The Morgan fingerprint density at radius 2 is 1.93 bits per heavy atom. The fraction of sp³-hybridized carbons (Fsp3) is 0.348. The average Bonchev–Trinajstić information content (AvgIpc) is 2.74. The highest BCUT2D eigenvalue weighted by Gasteiger charge is 2.27. The number of hydrogen-bond donors (Lipinski definition) is 1. The largest absolute Gasteiger partial charge is 0.461 e. The van der Waals surface area contributed by atoms with Crippen molar-refractivity contribution < 1.29 is 9.53 Å². The van der Waals surface area contributed by atoms with Crippen molar-refractivity contribution >= 4 is 28.2 Å². The van der Waals surface area contributed by atoms with Gasteiger partial charge in [0, 0.05) is 30.2 Å². The minimum absolute atomic E-state index is 0.302. The van der Waals surface area contributed by atoms with Crippen LogP contribution >= 0.6 is 0 Å². The molecule has 0 radical (unpaired) electrons. The van der Waals surface area contributed by atoms with E-state index >= 15 is 0 Å². The first-order valence-electron chi connectivity index (χ1n) is 10.2. The molecule has 1 aliphatic heterocycles. The quantitative estimate of drug-likeness (QED) is 0.659. The number of ether oxygens (including phenoxy) is 1. The van der Waals surface area contributed by atoms with Gasteiger partial charge in [-0.3, -0.25) is 0 Å². The Morgan fingerprint density at radius 3 is 2.69 bits per heavy atom. The third-order valence-electron chi connectivity index (χ3n) is 5.31. The smallest absolute Gasteiger partial charge is 0.361 e. The monoisotopic (exact) mass is 390 g/mol. The number of aryl methyl sites for hydroxylation is 1. The maximum atomic E-state index is 12.5. The van der Waals surface area contributed by atoms with Crippen LogP contribution in [0.1, 0.15) is 35.8 Å². The minimum Gasteiger partial charge on any atom is -0.461 e. The van der Waals surface area contributed by atoms with Crippen molar-refractivity contribution in [2.45, 2.75) is 32.7 Å². The third-order valence-corrected chi connectivity index (χ3v) is 5.31. The maximum absolute atomic E-state index is 12.5. The second-order valence-corrected chi connectivity index (χ2v) is 7.41. The zero-order chi connectivity index (χ0) is 20.2. The molecule has 1 aliphatic rings. The molecule has 0 bridgehead atoms. The molecule has 0 spiro atoms. The van der Waals surface area contributed by atoms with Crippen LogP contribution in [-0.2, 0) is 4.74 Å². The van der Waals surface area contributed by atoms with E-state index in [1.165, 1.54) is 5.56 Å². The predicted molar refractivity (Wildman–Crippen MR) is 116 cm³/mol. The van der Waals surface area contributed by atoms with Gasteiger partial charge >= 0.3 is 5.97 Å². The molecule has 0 saturated carbocycles. The van der Waals surface area contributed by atoms with Crippen LogP contribution in [0.2, 0.25) is 0 Å². The summed E-state index contributed by atoms with van der Waals surface area (Å²) in [6.45, 7) is 5.90. The fourth-order valence-corrected chi connectivity index (χ4v) is 3.91. The summed E-state index contributed by atoms with van der Waals surface area (Å²) in [6.07, 6.45) is 1.96. The van der Waals surface area contributed by atoms with Crippen LogP contribution in [0.3, 0.4) is 0 Å². The number of benzene rings is 2. The number of carbonyl (C=O) groups is 1. The lowest BCUT2D eigenvalue weighted by atomic mass is 10.0. The highest BCUT2D eigenvalue weighted by atomic mass is 16.5. The molecule has 0 unspecified atom stereocenters. The van der Waals surface area contributed by atoms with E-state index in [2.05, 4.69) is 51.6 Å². The number of piperidine rings is 1. The van der Waals surface area contributed by atoms with Crippen LogP contribution in [0.15, 0.2) is 48.5 Å². The molecule has 0 amide bonds. The number of fused-ring (bicyclic) bond motifs is 1. The number of anilines is 2. The van der Waals surface area contributed by atoms with E-state index < -0.39 is 5.97 Å². The summed E-state index contributed by atoms with van der Waals surface area (Å²) in [5.41, 5.74) is 4.33. The molecule has 6 nitrogen and oxygen atoms in total. The minimum atomic E-state index is -0.416. The Hall–Kier alpha value is -3.15. The Labute approximate surface area is 170 Å². The van der Waals surface area contributed by atoms with Crippen molar-refractivity contribution in [1.82, 2.24) is 10.2 Å².